The second-order valence-electron chi connectivity index (χ2n) is 5.41. The minimum absolute atomic E-state index is 0.118. The highest BCUT2D eigenvalue weighted by molar-refractivity contribution is 7.99. The molecule has 27 heavy (non-hydrogen) atoms. The van der Waals surface area contributed by atoms with Crippen molar-refractivity contribution in [3.05, 3.63) is 53.7 Å². The maximum absolute atomic E-state index is 12.6. The number of rotatable bonds is 7. The molecule has 1 aromatic carbocycles. The Balaban J connectivity index is 2.05. The predicted octanol–water partition coefficient (Wildman–Crippen LogP) is 3.78. The topological polar surface area (TPSA) is 85.4 Å². The summed E-state index contributed by atoms with van der Waals surface area (Å²) in [4.78, 5) is 39.5. The number of esters is 1. The van der Waals surface area contributed by atoms with E-state index < -0.39 is 23.7 Å². The summed E-state index contributed by atoms with van der Waals surface area (Å²) in [6, 6.07) is 8.98. The third-order valence-corrected chi connectivity index (χ3v) is 4.11. The minimum atomic E-state index is -2.75. The summed E-state index contributed by atoms with van der Waals surface area (Å²) >= 11 is 0.118. The lowest BCUT2D eigenvalue weighted by Crippen LogP contribution is -2.30. The van der Waals surface area contributed by atoms with Crippen LogP contribution in [0.5, 0.6) is 0 Å². The molecule has 6 nitrogen and oxygen atoms in total. The van der Waals surface area contributed by atoms with Gasteiger partial charge in [-0.2, -0.15) is 8.78 Å². The van der Waals surface area contributed by atoms with Crippen LogP contribution in [0.25, 0.3) is 0 Å². The van der Waals surface area contributed by atoms with E-state index in [0.29, 0.717) is 11.3 Å². The van der Waals surface area contributed by atoms with Crippen LogP contribution in [-0.2, 0) is 9.53 Å². The third-order valence-electron chi connectivity index (χ3n) is 3.38. The molecule has 0 aliphatic carbocycles. The Hall–Kier alpha value is -2.81. The number of pyridine rings is 1. The smallest absolute Gasteiger partial charge is 0.341 e. The molecule has 0 aliphatic rings. The monoisotopic (exact) mass is 394 g/mol. The van der Waals surface area contributed by atoms with Crippen molar-refractivity contribution in [1.82, 2.24) is 4.98 Å². The van der Waals surface area contributed by atoms with Crippen LogP contribution in [0.1, 0.15) is 34.6 Å². The van der Waals surface area contributed by atoms with Gasteiger partial charge in [0.2, 0.25) is 0 Å². The Morgan fingerprint density at radius 3 is 2.59 bits per heavy atom. The molecule has 2 rings (SSSR count). The van der Waals surface area contributed by atoms with Gasteiger partial charge in [-0.1, -0.05) is 12.1 Å². The number of nitrogens with zero attached hydrogens (tertiary/aromatic N) is 1. The predicted molar refractivity (Wildman–Crippen MR) is 96.1 cm³/mol. The second-order valence-corrected chi connectivity index (χ2v) is 6.39. The Morgan fingerprint density at radius 1 is 1.19 bits per heavy atom. The van der Waals surface area contributed by atoms with Crippen LogP contribution in [0.15, 0.2) is 47.6 Å². The second kappa shape index (κ2) is 9.22. The van der Waals surface area contributed by atoms with E-state index in [2.05, 4.69) is 10.3 Å². The van der Waals surface area contributed by atoms with Gasteiger partial charge in [0.25, 0.3) is 11.7 Å². The van der Waals surface area contributed by atoms with Crippen molar-refractivity contribution in [3.8, 4) is 0 Å². The van der Waals surface area contributed by atoms with Gasteiger partial charge >= 0.3 is 5.97 Å². The SMILES string of the molecule is CC(=O)c1cccc(NC(=O)[C@@H](C)OC(=O)c2cccnc2SC(F)F)c1. The highest BCUT2D eigenvalue weighted by Crippen LogP contribution is 2.27. The van der Waals surface area contributed by atoms with E-state index in [1.54, 1.807) is 18.2 Å². The zero-order valence-electron chi connectivity index (χ0n) is 14.4. The summed E-state index contributed by atoms with van der Waals surface area (Å²) in [5, 5.41) is 2.35. The number of ketones is 1. The van der Waals surface area contributed by atoms with Gasteiger partial charge in [-0.3, -0.25) is 9.59 Å². The number of Topliss-reactive ketones (excluding diaryl/α,β-unsaturated/α-hetero) is 1. The molecule has 1 amide bonds. The van der Waals surface area contributed by atoms with E-state index >= 15 is 0 Å². The normalized spacial score (nSPS) is 11.7. The Labute approximate surface area is 158 Å². The van der Waals surface area contributed by atoms with Gasteiger partial charge in [-0.15, -0.1) is 0 Å². The molecule has 1 atom stereocenters. The highest BCUT2D eigenvalue weighted by Gasteiger charge is 2.23. The number of hydrogen-bond donors (Lipinski definition) is 1. The van der Waals surface area contributed by atoms with Crippen molar-refractivity contribution >= 4 is 35.1 Å². The van der Waals surface area contributed by atoms with E-state index in [1.807, 2.05) is 0 Å². The number of alkyl halides is 2. The molecule has 2 aromatic rings. The van der Waals surface area contributed by atoms with Gasteiger partial charge in [-0.25, -0.2) is 9.78 Å². The fourth-order valence-corrected chi connectivity index (χ4v) is 2.63. The van der Waals surface area contributed by atoms with Crippen molar-refractivity contribution in [2.45, 2.75) is 30.7 Å². The molecule has 0 radical (unpaired) electrons. The lowest BCUT2D eigenvalue weighted by molar-refractivity contribution is -0.123. The molecule has 0 bridgehead atoms. The van der Waals surface area contributed by atoms with Crippen LogP contribution < -0.4 is 5.32 Å². The molecule has 0 unspecified atom stereocenters. The summed E-state index contributed by atoms with van der Waals surface area (Å²) in [6.45, 7) is 2.74. The van der Waals surface area contributed by atoms with Crippen LogP contribution in [0.3, 0.4) is 0 Å². The third kappa shape index (κ3) is 5.85. The molecule has 142 valence electrons. The maximum Gasteiger partial charge on any atom is 0.341 e. The van der Waals surface area contributed by atoms with Crippen molar-refractivity contribution in [2.24, 2.45) is 0 Å². The molecule has 0 spiro atoms. The average Bonchev–Trinajstić information content (AvgIpc) is 2.61. The van der Waals surface area contributed by atoms with Crippen molar-refractivity contribution in [3.63, 3.8) is 0 Å². The summed E-state index contributed by atoms with van der Waals surface area (Å²) < 4.78 is 30.2. The zero-order chi connectivity index (χ0) is 20.0. The van der Waals surface area contributed by atoms with E-state index in [0.717, 1.165) is 0 Å². The zero-order valence-corrected chi connectivity index (χ0v) is 15.3. The number of carbonyl (C=O) groups is 3. The fraction of sp³-hybridized carbons (Fsp3) is 0.222. The summed E-state index contributed by atoms with van der Waals surface area (Å²) in [5.41, 5.74) is 0.633. The molecule has 1 aromatic heterocycles. The first kappa shape index (κ1) is 20.5. The molecular formula is C18H16F2N2O4S. The van der Waals surface area contributed by atoms with Crippen molar-refractivity contribution < 1.29 is 27.9 Å². The average molecular weight is 394 g/mol. The number of benzene rings is 1. The number of amides is 1. The van der Waals surface area contributed by atoms with Crippen LogP contribution >= 0.6 is 11.8 Å². The molecular weight excluding hydrogens is 378 g/mol. The largest absolute Gasteiger partial charge is 0.449 e. The number of hydrogen-bond acceptors (Lipinski definition) is 6. The van der Waals surface area contributed by atoms with Crippen LogP contribution in [0, 0.1) is 0 Å². The van der Waals surface area contributed by atoms with E-state index in [4.69, 9.17) is 4.74 Å². The summed E-state index contributed by atoms with van der Waals surface area (Å²) in [5.74, 6) is -4.48. The first-order chi connectivity index (χ1) is 12.8. The van der Waals surface area contributed by atoms with Gasteiger partial charge < -0.3 is 10.1 Å². The number of halogens is 2. The quantitative estimate of drug-likeness (QED) is 0.437. The molecule has 1 heterocycles. The highest BCUT2D eigenvalue weighted by atomic mass is 32.2. The first-order valence-electron chi connectivity index (χ1n) is 7.80. The van der Waals surface area contributed by atoms with Crippen molar-refractivity contribution in [2.75, 3.05) is 5.32 Å². The number of ether oxygens (including phenoxy) is 1. The Bertz CT molecular complexity index is 861. The van der Waals surface area contributed by atoms with Crippen LogP contribution in [-0.4, -0.2) is 34.5 Å². The van der Waals surface area contributed by atoms with Gasteiger partial charge in [0.1, 0.15) is 5.03 Å². The molecule has 1 N–H and O–H groups in total. The van der Waals surface area contributed by atoms with Gasteiger partial charge in [0.05, 0.1) is 5.56 Å². The van der Waals surface area contributed by atoms with Gasteiger partial charge in [-0.05, 0) is 49.9 Å². The van der Waals surface area contributed by atoms with Crippen molar-refractivity contribution in [1.29, 1.82) is 0 Å². The number of thioether (sulfide) groups is 1. The van der Waals surface area contributed by atoms with Gasteiger partial charge in [0, 0.05) is 17.4 Å². The number of carbonyl (C=O) groups excluding carboxylic acids is 3. The van der Waals surface area contributed by atoms with Crippen LogP contribution in [0.2, 0.25) is 0 Å². The number of nitrogens with one attached hydrogen (secondary N) is 1. The Morgan fingerprint density at radius 2 is 1.93 bits per heavy atom. The molecule has 0 aliphatic heterocycles. The van der Waals surface area contributed by atoms with E-state index in [-0.39, 0.29) is 28.1 Å². The standard InChI is InChI=1S/C18H16F2N2O4S/c1-10(23)12-5-3-6-13(9-12)22-15(24)11(2)26-17(25)14-7-4-8-21-16(14)27-18(19)20/h3-9,11,18H,1-2H3,(H,22,24)/t11-/m1/s1. The van der Waals surface area contributed by atoms with E-state index in [1.165, 1.54) is 38.2 Å². The lowest BCUT2D eigenvalue weighted by Gasteiger charge is -2.15. The van der Waals surface area contributed by atoms with E-state index in [9.17, 15) is 23.2 Å². The molecule has 0 fully saturated rings. The molecule has 0 saturated carbocycles. The maximum atomic E-state index is 12.6. The lowest BCUT2D eigenvalue weighted by atomic mass is 10.1. The van der Waals surface area contributed by atoms with Gasteiger partial charge in [0.15, 0.2) is 11.9 Å². The number of aromatic nitrogens is 1. The summed E-state index contributed by atoms with van der Waals surface area (Å²) in [7, 11) is 0. The molecule has 0 saturated heterocycles. The fourth-order valence-electron chi connectivity index (χ4n) is 2.06. The first-order valence-corrected chi connectivity index (χ1v) is 8.68. The van der Waals surface area contributed by atoms with Crippen LogP contribution in [0.4, 0.5) is 14.5 Å². The minimum Gasteiger partial charge on any atom is -0.449 e. The number of anilines is 1. The molecule has 9 heteroatoms. The Kier molecular flexibility index (Phi) is 7.00. The summed E-state index contributed by atoms with van der Waals surface area (Å²) in [6.07, 6.45) is 0.0858.